The van der Waals surface area contributed by atoms with Gasteiger partial charge in [-0.1, -0.05) is 0 Å². The first-order chi connectivity index (χ1) is 7.97. The van der Waals surface area contributed by atoms with Crippen molar-refractivity contribution in [2.75, 3.05) is 6.61 Å². The summed E-state index contributed by atoms with van der Waals surface area (Å²) in [6.07, 6.45) is -1.90. The first-order valence-corrected chi connectivity index (χ1v) is 5.56. The fourth-order valence-corrected chi connectivity index (χ4v) is 1.63. The van der Waals surface area contributed by atoms with Gasteiger partial charge >= 0.3 is 5.97 Å². The molecule has 0 atom stereocenters. The fourth-order valence-electron chi connectivity index (χ4n) is 1.18. The first-order valence-electron chi connectivity index (χ1n) is 4.77. The van der Waals surface area contributed by atoms with E-state index in [9.17, 15) is 18.7 Å². The molecule has 0 bridgehead atoms. The minimum atomic E-state index is -2.87. The summed E-state index contributed by atoms with van der Waals surface area (Å²) < 4.78 is 29.5. The number of ether oxygens (including phenoxy) is 1. The summed E-state index contributed by atoms with van der Waals surface area (Å²) in [5.41, 5.74) is -0.421. The third kappa shape index (κ3) is 3.36. The molecule has 1 heterocycles. The van der Waals surface area contributed by atoms with Crippen molar-refractivity contribution in [1.29, 1.82) is 0 Å². The molecule has 0 aliphatic carbocycles. The summed E-state index contributed by atoms with van der Waals surface area (Å²) in [5, 5.41) is 9.45. The normalized spacial score (nSPS) is 10.6. The minimum Gasteiger partial charge on any atom is -0.505 e. The van der Waals surface area contributed by atoms with E-state index in [1.54, 1.807) is 6.92 Å². The number of hydrogen-bond donors (Lipinski definition) is 1. The Balaban J connectivity index is 2.96. The molecule has 0 unspecified atom stereocenters. The van der Waals surface area contributed by atoms with Crippen molar-refractivity contribution in [1.82, 2.24) is 4.98 Å². The zero-order chi connectivity index (χ0) is 13.0. The van der Waals surface area contributed by atoms with Crippen molar-refractivity contribution < 1.29 is 23.4 Å². The minimum absolute atomic E-state index is 0.0378. The number of aromatic nitrogens is 1. The van der Waals surface area contributed by atoms with E-state index in [0.29, 0.717) is 5.56 Å². The van der Waals surface area contributed by atoms with Crippen molar-refractivity contribution in [3.63, 3.8) is 0 Å². The van der Waals surface area contributed by atoms with Crippen LogP contribution >= 0.6 is 15.9 Å². The fraction of sp³-hybridized carbons (Fsp3) is 0.400. The molecule has 0 aliphatic heterocycles. The molecule has 0 fully saturated rings. The maximum atomic E-state index is 12.4. The Labute approximate surface area is 105 Å². The molecular weight excluding hydrogens is 300 g/mol. The van der Waals surface area contributed by atoms with Crippen molar-refractivity contribution >= 4 is 21.9 Å². The number of carbonyl (C=O) groups is 1. The second-order valence-electron chi connectivity index (χ2n) is 3.11. The van der Waals surface area contributed by atoms with Crippen LogP contribution in [0, 0.1) is 0 Å². The van der Waals surface area contributed by atoms with Crippen molar-refractivity contribution in [2.24, 2.45) is 0 Å². The predicted molar refractivity (Wildman–Crippen MR) is 58.9 cm³/mol. The number of halogens is 3. The lowest BCUT2D eigenvalue weighted by Crippen LogP contribution is -2.09. The van der Waals surface area contributed by atoms with E-state index < -0.39 is 23.8 Å². The molecule has 17 heavy (non-hydrogen) atoms. The molecule has 0 radical (unpaired) electrons. The van der Waals surface area contributed by atoms with Crippen LogP contribution in [0.4, 0.5) is 8.78 Å². The molecule has 1 aromatic rings. The zero-order valence-corrected chi connectivity index (χ0v) is 10.5. The highest BCUT2D eigenvalue weighted by Crippen LogP contribution is 2.35. The Hall–Kier alpha value is -1.24. The molecule has 0 spiro atoms. The van der Waals surface area contributed by atoms with E-state index in [1.165, 1.54) is 0 Å². The molecule has 4 nitrogen and oxygen atoms in total. The standard InChI is InChI=1S/C10H10BrF2NO3/c1-2-17-6(15)3-5-4-14-8(10(12)13)9(16)7(5)11/h4,10,16H,2-3H2,1H3. The maximum Gasteiger partial charge on any atom is 0.310 e. The molecule has 7 heteroatoms. The van der Waals surface area contributed by atoms with E-state index in [1.807, 2.05) is 0 Å². The van der Waals surface area contributed by atoms with E-state index in [4.69, 9.17) is 4.74 Å². The lowest BCUT2D eigenvalue weighted by atomic mass is 10.2. The van der Waals surface area contributed by atoms with Crippen LogP contribution < -0.4 is 0 Å². The van der Waals surface area contributed by atoms with Gasteiger partial charge in [0, 0.05) is 6.20 Å². The van der Waals surface area contributed by atoms with Crippen LogP contribution in [0.5, 0.6) is 5.75 Å². The second kappa shape index (κ2) is 5.90. The largest absolute Gasteiger partial charge is 0.505 e. The van der Waals surface area contributed by atoms with Crippen LogP contribution in [-0.2, 0) is 16.0 Å². The molecule has 0 aliphatic rings. The monoisotopic (exact) mass is 309 g/mol. The van der Waals surface area contributed by atoms with Gasteiger partial charge in [-0.3, -0.25) is 9.78 Å². The Morgan fingerprint density at radius 3 is 2.82 bits per heavy atom. The van der Waals surface area contributed by atoms with Gasteiger partial charge in [-0.05, 0) is 28.4 Å². The number of carbonyl (C=O) groups excluding carboxylic acids is 1. The Kier molecular flexibility index (Phi) is 4.80. The van der Waals surface area contributed by atoms with Gasteiger partial charge in [0.15, 0.2) is 5.75 Å². The maximum absolute atomic E-state index is 12.4. The summed E-state index contributed by atoms with van der Waals surface area (Å²) in [6, 6.07) is 0. The third-order valence-corrected chi connectivity index (χ3v) is 2.82. The van der Waals surface area contributed by atoms with E-state index in [-0.39, 0.29) is 17.5 Å². The Morgan fingerprint density at radius 2 is 2.29 bits per heavy atom. The van der Waals surface area contributed by atoms with Crippen molar-refractivity contribution in [3.05, 3.63) is 21.9 Å². The van der Waals surface area contributed by atoms with Gasteiger partial charge in [-0.15, -0.1) is 0 Å². The molecule has 94 valence electrons. The van der Waals surface area contributed by atoms with Crippen LogP contribution in [0.15, 0.2) is 10.7 Å². The van der Waals surface area contributed by atoms with E-state index >= 15 is 0 Å². The summed E-state index contributed by atoms with van der Waals surface area (Å²) >= 11 is 2.95. The Bertz CT molecular complexity index is 426. The highest BCUT2D eigenvalue weighted by molar-refractivity contribution is 9.10. The molecular formula is C10H10BrF2NO3. The average molecular weight is 310 g/mol. The number of esters is 1. The van der Waals surface area contributed by atoms with E-state index in [2.05, 4.69) is 20.9 Å². The lowest BCUT2D eigenvalue weighted by Gasteiger charge is -2.09. The molecule has 1 N–H and O–H groups in total. The third-order valence-electron chi connectivity index (χ3n) is 1.94. The average Bonchev–Trinajstić information content (AvgIpc) is 2.25. The number of hydrogen-bond acceptors (Lipinski definition) is 4. The quantitative estimate of drug-likeness (QED) is 0.869. The van der Waals surface area contributed by atoms with Gasteiger partial charge < -0.3 is 9.84 Å². The molecule has 1 rings (SSSR count). The van der Waals surface area contributed by atoms with Crippen molar-refractivity contribution in [2.45, 2.75) is 19.8 Å². The first kappa shape index (κ1) is 13.8. The van der Waals surface area contributed by atoms with Crippen LogP contribution in [0.25, 0.3) is 0 Å². The SMILES string of the molecule is CCOC(=O)Cc1cnc(C(F)F)c(O)c1Br. The molecule has 0 aromatic carbocycles. The summed E-state index contributed by atoms with van der Waals surface area (Å²) in [4.78, 5) is 14.6. The topological polar surface area (TPSA) is 59.4 Å². The highest BCUT2D eigenvalue weighted by Gasteiger charge is 2.20. The van der Waals surface area contributed by atoms with Crippen LogP contribution in [0.3, 0.4) is 0 Å². The van der Waals surface area contributed by atoms with Gasteiger partial charge in [0.1, 0.15) is 5.69 Å². The molecule has 1 aromatic heterocycles. The molecule has 0 amide bonds. The summed E-state index contributed by atoms with van der Waals surface area (Å²) in [7, 11) is 0. The zero-order valence-electron chi connectivity index (χ0n) is 8.91. The van der Waals surface area contributed by atoms with Crippen LogP contribution in [0.2, 0.25) is 0 Å². The number of nitrogens with zero attached hydrogens (tertiary/aromatic N) is 1. The predicted octanol–water partition coefficient (Wildman–Crippen LogP) is 2.59. The molecule has 0 saturated carbocycles. The molecule has 0 saturated heterocycles. The number of pyridine rings is 1. The van der Waals surface area contributed by atoms with Gasteiger partial charge in [-0.2, -0.15) is 0 Å². The lowest BCUT2D eigenvalue weighted by molar-refractivity contribution is -0.142. The second-order valence-corrected chi connectivity index (χ2v) is 3.91. The van der Waals surface area contributed by atoms with Gasteiger partial charge in [-0.25, -0.2) is 8.78 Å². The summed E-state index contributed by atoms with van der Waals surface area (Å²) in [6.45, 7) is 1.88. The van der Waals surface area contributed by atoms with E-state index in [0.717, 1.165) is 6.20 Å². The van der Waals surface area contributed by atoms with Crippen molar-refractivity contribution in [3.8, 4) is 5.75 Å². The highest BCUT2D eigenvalue weighted by atomic mass is 79.9. The van der Waals surface area contributed by atoms with Gasteiger partial charge in [0.05, 0.1) is 17.5 Å². The van der Waals surface area contributed by atoms with Gasteiger partial charge in [0.25, 0.3) is 6.43 Å². The van der Waals surface area contributed by atoms with Crippen LogP contribution in [-0.4, -0.2) is 22.7 Å². The number of alkyl halides is 2. The van der Waals surface area contributed by atoms with Crippen LogP contribution in [0.1, 0.15) is 24.6 Å². The smallest absolute Gasteiger partial charge is 0.310 e. The Morgan fingerprint density at radius 1 is 1.65 bits per heavy atom. The number of rotatable bonds is 4. The summed E-state index contributed by atoms with van der Waals surface area (Å²) in [5.74, 6) is -1.17. The van der Waals surface area contributed by atoms with Gasteiger partial charge in [0.2, 0.25) is 0 Å². The number of aromatic hydroxyl groups is 1.